The normalized spacial score (nSPS) is 13.3. The maximum atomic E-state index is 11.4. The van der Waals surface area contributed by atoms with E-state index in [-0.39, 0.29) is 11.8 Å². The van der Waals surface area contributed by atoms with Crippen molar-refractivity contribution in [2.45, 2.75) is 13.0 Å². The van der Waals surface area contributed by atoms with Gasteiger partial charge in [0.1, 0.15) is 9.84 Å². The smallest absolute Gasteiger partial charge is 0.182 e. The van der Waals surface area contributed by atoms with Crippen molar-refractivity contribution in [2.75, 3.05) is 17.7 Å². The predicted molar refractivity (Wildman–Crippen MR) is 77.1 cm³/mol. The van der Waals surface area contributed by atoms with Gasteiger partial charge in [-0.15, -0.1) is 5.10 Å². The third-order valence-corrected chi connectivity index (χ3v) is 4.13. The van der Waals surface area contributed by atoms with Gasteiger partial charge in [-0.25, -0.2) is 13.1 Å². The topological polar surface area (TPSA) is 104 Å². The zero-order chi connectivity index (χ0) is 14.9. The highest BCUT2D eigenvalue weighted by Crippen LogP contribution is 2.26. The van der Waals surface area contributed by atoms with E-state index in [0.29, 0.717) is 22.1 Å². The molecule has 108 valence electrons. The first kappa shape index (κ1) is 14.7. The van der Waals surface area contributed by atoms with Crippen LogP contribution in [0, 0.1) is 0 Å². The standard InChI is InChI=1S/C11H14ClN5O2S/c1-7(6-20(2,18)19)17-11(14-15-16-17)8-3-4-10(13)9(12)5-8/h3-5,7H,6,13H2,1-2H3. The van der Waals surface area contributed by atoms with Crippen molar-refractivity contribution >= 4 is 27.1 Å². The van der Waals surface area contributed by atoms with Gasteiger partial charge in [-0.1, -0.05) is 11.6 Å². The zero-order valence-electron chi connectivity index (χ0n) is 11.0. The number of nitrogens with two attached hydrogens (primary N) is 1. The predicted octanol–water partition coefficient (Wildman–Crippen LogP) is 1.18. The number of nitrogen functional groups attached to an aromatic ring is 1. The molecule has 0 fully saturated rings. The van der Waals surface area contributed by atoms with Crippen LogP contribution in [0.1, 0.15) is 13.0 Å². The fourth-order valence-electron chi connectivity index (χ4n) is 1.86. The van der Waals surface area contributed by atoms with Crippen molar-refractivity contribution in [1.82, 2.24) is 20.2 Å². The number of aromatic nitrogens is 4. The summed E-state index contributed by atoms with van der Waals surface area (Å²) in [5.74, 6) is 0.399. The van der Waals surface area contributed by atoms with E-state index in [0.717, 1.165) is 0 Å². The van der Waals surface area contributed by atoms with Crippen LogP contribution >= 0.6 is 11.6 Å². The molecular formula is C11H14ClN5O2S. The Balaban J connectivity index is 2.39. The number of hydrogen-bond donors (Lipinski definition) is 1. The molecular weight excluding hydrogens is 302 g/mol. The molecule has 0 saturated carbocycles. The molecule has 1 aromatic heterocycles. The van der Waals surface area contributed by atoms with E-state index < -0.39 is 9.84 Å². The lowest BCUT2D eigenvalue weighted by Crippen LogP contribution is -2.18. The van der Waals surface area contributed by atoms with Crippen LogP contribution < -0.4 is 5.73 Å². The lowest BCUT2D eigenvalue weighted by molar-refractivity contribution is 0.509. The van der Waals surface area contributed by atoms with Crippen LogP contribution in [-0.2, 0) is 9.84 Å². The Hall–Kier alpha value is -1.67. The lowest BCUT2D eigenvalue weighted by Gasteiger charge is -2.12. The van der Waals surface area contributed by atoms with Gasteiger partial charge in [0, 0.05) is 11.8 Å². The average molecular weight is 316 g/mol. The van der Waals surface area contributed by atoms with E-state index in [2.05, 4.69) is 15.5 Å². The summed E-state index contributed by atoms with van der Waals surface area (Å²) in [7, 11) is -3.13. The summed E-state index contributed by atoms with van der Waals surface area (Å²) in [5, 5.41) is 11.8. The Bertz CT molecular complexity index is 728. The molecule has 0 radical (unpaired) electrons. The third-order valence-electron chi connectivity index (χ3n) is 2.71. The number of benzene rings is 1. The third kappa shape index (κ3) is 3.26. The SMILES string of the molecule is CC(CS(C)(=O)=O)n1nnnc1-c1ccc(N)c(Cl)c1. The minimum absolute atomic E-state index is 0.0479. The molecule has 0 aliphatic carbocycles. The number of sulfone groups is 1. The highest BCUT2D eigenvalue weighted by atomic mass is 35.5. The molecule has 0 saturated heterocycles. The van der Waals surface area contributed by atoms with Gasteiger partial charge in [-0.3, -0.25) is 0 Å². The maximum absolute atomic E-state index is 11.4. The van der Waals surface area contributed by atoms with Gasteiger partial charge < -0.3 is 5.73 Å². The number of tetrazole rings is 1. The summed E-state index contributed by atoms with van der Waals surface area (Å²) >= 11 is 5.97. The summed E-state index contributed by atoms with van der Waals surface area (Å²) in [6.07, 6.45) is 1.17. The Morgan fingerprint density at radius 2 is 2.15 bits per heavy atom. The fraction of sp³-hybridized carbons (Fsp3) is 0.364. The summed E-state index contributed by atoms with van der Waals surface area (Å²) in [6, 6.07) is 4.65. The van der Waals surface area contributed by atoms with Gasteiger partial charge in [0.05, 0.1) is 22.5 Å². The van der Waals surface area contributed by atoms with Crippen molar-refractivity contribution in [3.63, 3.8) is 0 Å². The molecule has 0 bridgehead atoms. The molecule has 7 nitrogen and oxygen atoms in total. The first-order valence-electron chi connectivity index (χ1n) is 5.79. The number of nitrogens with zero attached hydrogens (tertiary/aromatic N) is 4. The molecule has 0 spiro atoms. The Morgan fingerprint density at radius 1 is 1.45 bits per heavy atom. The van der Waals surface area contributed by atoms with Crippen molar-refractivity contribution in [3.8, 4) is 11.4 Å². The molecule has 9 heteroatoms. The first-order chi connectivity index (χ1) is 9.28. The number of hydrogen-bond acceptors (Lipinski definition) is 6. The molecule has 0 amide bonds. The zero-order valence-corrected chi connectivity index (χ0v) is 12.6. The number of anilines is 1. The van der Waals surface area contributed by atoms with Gasteiger partial charge >= 0.3 is 0 Å². The van der Waals surface area contributed by atoms with Gasteiger partial charge in [0.25, 0.3) is 0 Å². The van der Waals surface area contributed by atoms with Gasteiger partial charge in [0.15, 0.2) is 5.82 Å². The van der Waals surface area contributed by atoms with Crippen LogP contribution in [0.4, 0.5) is 5.69 Å². The highest BCUT2D eigenvalue weighted by Gasteiger charge is 2.19. The fourth-order valence-corrected chi connectivity index (χ4v) is 3.05. The maximum Gasteiger partial charge on any atom is 0.182 e. The van der Waals surface area contributed by atoms with E-state index in [4.69, 9.17) is 17.3 Å². The van der Waals surface area contributed by atoms with Crippen molar-refractivity contribution in [2.24, 2.45) is 0 Å². The highest BCUT2D eigenvalue weighted by molar-refractivity contribution is 7.90. The van der Waals surface area contributed by atoms with Crippen LogP contribution in [-0.4, -0.2) is 40.6 Å². The van der Waals surface area contributed by atoms with Gasteiger partial charge in [-0.05, 0) is 35.5 Å². The van der Waals surface area contributed by atoms with Gasteiger partial charge in [0.2, 0.25) is 0 Å². The second-order valence-corrected chi connectivity index (χ2v) is 7.22. The van der Waals surface area contributed by atoms with Gasteiger partial charge in [-0.2, -0.15) is 0 Å². The van der Waals surface area contributed by atoms with Crippen molar-refractivity contribution in [3.05, 3.63) is 23.2 Å². The Labute approximate surface area is 121 Å². The van der Waals surface area contributed by atoms with Crippen LogP contribution in [0.2, 0.25) is 5.02 Å². The number of halogens is 1. The van der Waals surface area contributed by atoms with Crippen molar-refractivity contribution < 1.29 is 8.42 Å². The largest absolute Gasteiger partial charge is 0.398 e. The van der Waals surface area contributed by atoms with Crippen LogP contribution in [0.15, 0.2) is 18.2 Å². The van der Waals surface area contributed by atoms with E-state index in [1.165, 1.54) is 10.9 Å². The summed E-state index contributed by atoms with van der Waals surface area (Å²) in [5.41, 5.74) is 6.79. The Morgan fingerprint density at radius 3 is 2.75 bits per heavy atom. The van der Waals surface area contributed by atoms with E-state index in [9.17, 15) is 8.42 Å². The molecule has 0 aliphatic heterocycles. The first-order valence-corrected chi connectivity index (χ1v) is 8.23. The van der Waals surface area contributed by atoms with Crippen LogP contribution in [0.3, 0.4) is 0 Å². The van der Waals surface area contributed by atoms with E-state index >= 15 is 0 Å². The molecule has 2 N–H and O–H groups in total. The molecule has 1 atom stereocenters. The Kier molecular flexibility index (Phi) is 3.96. The molecule has 1 unspecified atom stereocenters. The summed E-state index contributed by atoms with van der Waals surface area (Å²) in [4.78, 5) is 0. The molecule has 20 heavy (non-hydrogen) atoms. The monoisotopic (exact) mass is 315 g/mol. The van der Waals surface area contributed by atoms with Crippen LogP contribution in [0.25, 0.3) is 11.4 Å². The molecule has 1 aromatic carbocycles. The van der Waals surface area contributed by atoms with Crippen molar-refractivity contribution in [1.29, 1.82) is 0 Å². The van der Waals surface area contributed by atoms with Crippen LogP contribution in [0.5, 0.6) is 0 Å². The second-order valence-electron chi connectivity index (χ2n) is 4.62. The molecule has 2 rings (SSSR count). The second kappa shape index (κ2) is 5.37. The molecule has 1 heterocycles. The molecule has 2 aromatic rings. The minimum Gasteiger partial charge on any atom is -0.398 e. The van der Waals surface area contributed by atoms with E-state index in [1.807, 2.05) is 0 Å². The quantitative estimate of drug-likeness (QED) is 0.850. The lowest BCUT2D eigenvalue weighted by atomic mass is 10.2. The molecule has 0 aliphatic rings. The summed E-state index contributed by atoms with van der Waals surface area (Å²) < 4.78 is 24.2. The van der Waals surface area contributed by atoms with E-state index in [1.54, 1.807) is 25.1 Å². The minimum atomic E-state index is -3.13. The average Bonchev–Trinajstić information content (AvgIpc) is 2.79. The summed E-state index contributed by atoms with van der Waals surface area (Å²) in [6.45, 7) is 1.74. The number of rotatable bonds is 4.